The van der Waals surface area contributed by atoms with Gasteiger partial charge in [-0.25, -0.2) is 4.98 Å². The smallest absolute Gasteiger partial charge is 0.268 e. The molecular formula is C86H66N4OPtSi-2. The number of para-hydroxylation sites is 2. The zero-order chi connectivity index (χ0) is 79.7. The summed E-state index contributed by atoms with van der Waals surface area (Å²) in [5.74, 6) is 1.07. The van der Waals surface area contributed by atoms with Gasteiger partial charge in [-0.05, 0) is 128 Å². The number of aromatic nitrogens is 4. The van der Waals surface area contributed by atoms with Crippen LogP contribution in [0.5, 0.6) is 11.5 Å². The Labute approximate surface area is 587 Å². The van der Waals surface area contributed by atoms with Crippen molar-refractivity contribution in [1.29, 1.82) is 0 Å². The van der Waals surface area contributed by atoms with Gasteiger partial charge in [0.25, 0.3) is 6.33 Å². The number of rotatable bonds is 10. The largest absolute Gasteiger partial charge is 0.510 e. The third-order valence-electron chi connectivity index (χ3n) is 17.4. The van der Waals surface area contributed by atoms with Gasteiger partial charge in [0, 0.05) is 44.3 Å². The van der Waals surface area contributed by atoms with Crippen molar-refractivity contribution in [1.82, 2.24) is 14.1 Å². The van der Waals surface area contributed by atoms with Gasteiger partial charge in [-0.2, -0.15) is 18.2 Å². The zero-order valence-corrected chi connectivity index (χ0v) is 54.5. The van der Waals surface area contributed by atoms with Crippen molar-refractivity contribution in [2.75, 3.05) is 0 Å². The molecule has 452 valence electrons. The molecule has 0 atom stereocenters. The molecule has 93 heavy (non-hydrogen) atoms. The second-order valence-electron chi connectivity index (χ2n) is 24.8. The molecule has 1 aliphatic heterocycles. The van der Waals surface area contributed by atoms with Gasteiger partial charge in [0.05, 0.1) is 44.1 Å². The summed E-state index contributed by atoms with van der Waals surface area (Å²) in [4.78, 5) is 4.88. The van der Waals surface area contributed by atoms with Crippen LogP contribution in [0.4, 0.5) is 0 Å². The second-order valence-corrected chi connectivity index (χ2v) is 28.4. The van der Waals surface area contributed by atoms with E-state index in [1.54, 1.807) is 76.0 Å². The number of pyridine rings is 1. The topological polar surface area (TPSA) is 35.9 Å². The first-order valence-electron chi connectivity index (χ1n) is 40.1. The predicted octanol–water partition coefficient (Wildman–Crippen LogP) is 18.2. The second kappa shape index (κ2) is 23.5. The molecule has 0 fully saturated rings. The van der Waals surface area contributed by atoms with Crippen molar-refractivity contribution in [3.63, 3.8) is 0 Å². The fraction of sp³-hybridized carbons (Fsp3) is 0.0930. The van der Waals surface area contributed by atoms with E-state index >= 15 is 0 Å². The standard InChI is InChI=1S/C86H66N4OSi.Pt/c1-85(2,3)60-46-44-59(45-47-60)70-40-25-42-76-82-69(58-26-11-7-12-27-58)39-24-41-75(82)71-36-19-20-37-72(71)77-55-68(92(65-30-13-8-14-31-65,66-32-15-9-16-33-66)67-34-17-10-18-35-67)56-80-84(77)89(83(70)76)57-88(80)62-28-23-29-63(53-62)91-64-48-49-74-73-38-21-22-43-78(73)90(79(74)54-64)81-52-61(50-51-87-81)86(4,5)6;/h7-52,55-56H,1-6H3;/q-2;/i7D,8D,9D,10D,11D,12D,13D,14D,15D,16D,17D,18D,26D,27D,30D,31D,32D,33D,34D,35D;. The van der Waals surface area contributed by atoms with Crippen LogP contribution in [-0.2, 0) is 31.9 Å². The van der Waals surface area contributed by atoms with Crippen molar-refractivity contribution in [3.8, 4) is 84.3 Å². The number of hydrogen-bond donors (Lipinski definition) is 0. The van der Waals surface area contributed by atoms with Gasteiger partial charge in [-0.3, -0.25) is 4.57 Å². The fourth-order valence-corrected chi connectivity index (χ4v) is 16.9. The van der Waals surface area contributed by atoms with Crippen LogP contribution >= 0.6 is 0 Å². The van der Waals surface area contributed by atoms with Crippen LogP contribution in [-0.4, -0.2) is 22.2 Å². The molecule has 0 saturated carbocycles. The molecular weight excluding hydrogens is 1330 g/mol. The molecule has 12 aromatic carbocycles. The van der Waals surface area contributed by atoms with Crippen LogP contribution in [0, 0.1) is 18.5 Å². The first-order chi connectivity index (χ1) is 53.2. The summed E-state index contributed by atoms with van der Waals surface area (Å²) >= 11 is 0. The van der Waals surface area contributed by atoms with E-state index < -0.39 is 144 Å². The van der Waals surface area contributed by atoms with Crippen LogP contribution in [0.25, 0.3) is 106 Å². The van der Waals surface area contributed by atoms with Crippen LogP contribution < -0.4 is 30.1 Å². The van der Waals surface area contributed by atoms with E-state index in [-0.39, 0.29) is 82.0 Å². The fourth-order valence-electron chi connectivity index (χ4n) is 13.0. The van der Waals surface area contributed by atoms with Crippen LogP contribution in [0.15, 0.2) is 291 Å². The first kappa shape index (κ1) is 40.6. The molecule has 7 heteroatoms. The summed E-state index contributed by atoms with van der Waals surface area (Å²) in [7, 11) is -5.96. The van der Waals surface area contributed by atoms with E-state index in [2.05, 4.69) is 66.1 Å². The third-order valence-corrected chi connectivity index (χ3v) is 21.5. The summed E-state index contributed by atoms with van der Waals surface area (Å²) in [5.41, 5.74) is 7.73. The van der Waals surface area contributed by atoms with Gasteiger partial charge in [0.1, 0.15) is 5.82 Å². The molecule has 0 saturated heterocycles. The van der Waals surface area contributed by atoms with Crippen molar-refractivity contribution in [3.05, 3.63) is 320 Å². The van der Waals surface area contributed by atoms with E-state index in [1.165, 1.54) is 6.07 Å². The quantitative estimate of drug-likeness (QED) is 0.0592. The van der Waals surface area contributed by atoms with E-state index in [4.69, 9.17) is 17.9 Å². The van der Waals surface area contributed by atoms with Gasteiger partial charge in [-0.15, -0.1) is 29.7 Å². The summed E-state index contributed by atoms with van der Waals surface area (Å²) in [6, 6.07) is 40.3. The Kier molecular flexibility index (Phi) is 10.2. The molecule has 0 amide bonds. The number of fused-ring (bicyclic) bond motifs is 10. The summed E-state index contributed by atoms with van der Waals surface area (Å²) < 4.78 is 204. The minimum absolute atomic E-state index is 0. The summed E-state index contributed by atoms with van der Waals surface area (Å²) in [5, 5.41) is -0.516. The molecule has 0 aliphatic carbocycles. The normalized spacial score (nSPS) is 15.1. The minimum atomic E-state index is -5.96. The van der Waals surface area contributed by atoms with Gasteiger partial charge < -0.3 is 13.9 Å². The third kappa shape index (κ3) is 10.1. The van der Waals surface area contributed by atoms with Crippen LogP contribution in [0.1, 0.15) is 80.1 Å². The van der Waals surface area contributed by atoms with Gasteiger partial charge >= 0.3 is 0 Å². The SMILES string of the molecule is [2H]c1c([2H])c([2H])c(-c2cccc3c2-c2cccc(-c4ccc(C(C)(C)C)cc4)c2-[n+]2[c-]n(-c4[c-]c(Oc5[c-]c6c(cc5)c5ccccc5n6-c5cc(C(C)(C)C)ccn5)ccc4)c4cc([Si](c5c([2H])c([2H])c([2H])c([2H])c5[2H])(c5c([2H])c([2H])c([2H])c([2H])c5[2H])c5c([2H])c([2H])c([2H])c([2H])c5[2H])cc(c42)-c2ccccc2-3)c([2H])c1[2H].[Pt]. The Morgan fingerprint density at radius 1 is 0.452 bits per heavy atom. The zero-order valence-electron chi connectivity index (χ0n) is 71.2. The van der Waals surface area contributed by atoms with Crippen LogP contribution in [0.3, 0.4) is 0 Å². The molecule has 4 heterocycles. The Morgan fingerprint density at radius 3 is 1.69 bits per heavy atom. The Hall–Kier alpha value is -10.2. The number of ether oxygens (including phenoxy) is 1. The number of hydrogen-bond acceptors (Lipinski definition) is 2. The molecule has 5 nitrogen and oxygen atoms in total. The number of benzene rings is 12. The average molecular weight is 1410 g/mol. The summed E-state index contributed by atoms with van der Waals surface area (Å²) in [6.45, 7) is 12.7. The molecule has 0 N–H and O–H groups in total. The molecule has 15 aromatic rings. The van der Waals surface area contributed by atoms with Crippen molar-refractivity contribution < 1.29 is 57.8 Å². The molecule has 0 bridgehead atoms. The monoisotopic (exact) mass is 1410 g/mol. The maximum Gasteiger partial charge on any atom is 0.268 e. The first-order valence-corrected chi connectivity index (χ1v) is 32.1. The van der Waals surface area contributed by atoms with Gasteiger partial charge in [0.15, 0.2) is 8.07 Å². The molecule has 0 radical (unpaired) electrons. The van der Waals surface area contributed by atoms with Gasteiger partial charge in [0.2, 0.25) is 0 Å². The number of nitrogens with zero attached hydrogens (tertiary/aromatic N) is 4. The van der Waals surface area contributed by atoms with E-state index in [0.717, 1.165) is 27.4 Å². The van der Waals surface area contributed by atoms with E-state index in [0.29, 0.717) is 56.0 Å². The van der Waals surface area contributed by atoms with Crippen molar-refractivity contribution >= 4 is 61.7 Å². The molecule has 0 unspecified atom stereocenters. The van der Waals surface area contributed by atoms with Gasteiger partial charge in [-0.1, -0.05) is 283 Å². The minimum Gasteiger partial charge on any atom is -0.510 e. The Balaban J connectivity index is 0.0000101. The van der Waals surface area contributed by atoms with E-state index in [1.807, 2.05) is 95.6 Å². The Bertz CT molecular complexity index is 6320. The van der Waals surface area contributed by atoms with Crippen molar-refractivity contribution in [2.45, 2.75) is 52.4 Å². The molecule has 1 aliphatic rings. The van der Waals surface area contributed by atoms with Crippen molar-refractivity contribution in [2.24, 2.45) is 0 Å². The maximum atomic E-state index is 10.2. The molecule has 0 spiro atoms. The average Bonchev–Trinajstić information content (AvgIpc) is 1.64. The number of imidazole rings is 1. The predicted molar refractivity (Wildman–Crippen MR) is 382 cm³/mol. The maximum absolute atomic E-state index is 10.2. The Morgan fingerprint density at radius 2 is 1.02 bits per heavy atom. The molecule has 3 aromatic heterocycles. The van der Waals surface area contributed by atoms with E-state index in [9.17, 15) is 19.2 Å². The molecule has 16 rings (SSSR count). The van der Waals surface area contributed by atoms with Crippen LogP contribution in [0.2, 0.25) is 0 Å². The summed E-state index contributed by atoms with van der Waals surface area (Å²) in [6.07, 6.45) is 5.52.